The molecule has 0 aliphatic carbocycles. The first-order chi connectivity index (χ1) is 9.93. The van der Waals surface area contributed by atoms with Gasteiger partial charge in [0.05, 0.1) is 0 Å². The Kier molecular flexibility index (Phi) is 3.78. The van der Waals surface area contributed by atoms with Gasteiger partial charge in [-0.3, -0.25) is 4.79 Å². The zero-order valence-corrected chi connectivity index (χ0v) is 13.4. The van der Waals surface area contributed by atoms with Crippen molar-refractivity contribution in [1.82, 2.24) is 10.2 Å². The van der Waals surface area contributed by atoms with E-state index in [2.05, 4.69) is 43.1 Å². The van der Waals surface area contributed by atoms with E-state index in [0.29, 0.717) is 11.8 Å². The molecular formula is C18H26N2O. The summed E-state index contributed by atoms with van der Waals surface area (Å²) in [7, 11) is 0. The zero-order chi connectivity index (χ0) is 15.0. The van der Waals surface area contributed by atoms with Crippen molar-refractivity contribution in [3.63, 3.8) is 0 Å². The van der Waals surface area contributed by atoms with Crippen LogP contribution in [0.25, 0.3) is 0 Å². The highest BCUT2D eigenvalue weighted by Crippen LogP contribution is 2.26. The molecule has 21 heavy (non-hydrogen) atoms. The second-order valence-electron chi connectivity index (χ2n) is 7.66. The smallest absolute Gasteiger partial charge is 0.253 e. The van der Waals surface area contributed by atoms with Gasteiger partial charge in [-0.1, -0.05) is 32.9 Å². The monoisotopic (exact) mass is 286 g/mol. The molecule has 1 aromatic rings. The van der Waals surface area contributed by atoms with E-state index < -0.39 is 0 Å². The lowest BCUT2D eigenvalue weighted by Gasteiger charge is -2.41. The molecule has 0 saturated carbocycles. The third-order valence-corrected chi connectivity index (χ3v) is 4.77. The van der Waals surface area contributed by atoms with Gasteiger partial charge >= 0.3 is 0 Å². The van der Waals surface area contributed by atoms with Gasteiger partial charge in [0, 0.05) is 18.7 Å². The van der Waals surface area contributed by atoms with Gasteiger partial charge in [0.1, 0.15) is 0 Å². The van der Waals surface area contributed by atoms with E-state index in [4.69, 9.17) is 0 Å². The van der Waals surface area contributed by atoms with E-state index in [1.165, 1.54) is 12.0 Å². The van der Waals surface area contributed by atoms with Crippen molar-refractivity contribution in [2.45, 2.75) is 32.6 Å². The number of rotatable bonds is 1. The lowest BCUT2D eigenvalue weighted by molar-refractivity contribution is 0.0537. The Balaban J connectivity index is 1.73. The van der Waals surface area contributed by atoms with Crippen molar-refractivity contribution in [2.24, 2.45) is 11.8 Å². The molecular weight excluding hydrogens is 260 g/mol. The molecule has 1 N–H and O–H groups in total. The number of carbonyl (C=O) groups is 1. The molecule has 0 spiro atoms. The Labute approximate surface area is 127 Å². The van der Waals surface area contributed by atoms with Crippen LogP contribution >= 0.6 is 0 Å². The molecule has 3 heteroatoms. The van der Waals surface area contributed by atoms with Gasteiger partial charge in [0.2, 0.25) is 0 Å². The summed E-state index contributed by atoms with van der Waals surface area (Å²) in [6, 6.07) is 8.18. The van der Waals surface area contributed by atoms with Crippen LogP contribution in [0.3, 0.4) is 0 Å². The van der Waals surface area contributed by atoms with Gasteiger partial charge in [0.15, 0.2) is 0 Å². The Morgan fingerprint density at radius 3 is 2.19 bits per heavy atom. The largest absolute Gasteiger partial charge is 0.338 e. The number of amides is 1. The Morgan fingerprint density at radius 1 is 1.10 bits per heavy atom. The average molecular weight is 286 g/mol. The molecule has 0 aromatic heterocycles. The van der Waals surface area contributed by atoms with E-state index in [1.54, 1.807) is 0 Å². The number of likely N-dealkylation sites (tertiary alicyclic amines) is 1. The topological polar surface area (TPSA) is 32.3 Å². The van der Waals surface area contributed by atoms with Crippen LogP contribution < -0.4 is 5.32 Å². The fourth-order valence-electron chi connectivity index (χ4n) is 3.57. The second-order valence-corrected chi connectivity index (χ2v) is 7.66. The van der Waals surface area contributed by atoms with E-state index >= 15 is 0 Å². The summed E-state index contributed by atoms with van der Waals surface area (Å²) in [5, 5.41) is 3.47. The number of hydrogen-bond donors (Lipinski definition) is 1. The number of nitrogens with zero attached hydrogens (tertiary/aromatic N) is 1. The third kappa shape index (κ3) is 3.13. The number of fused-ring (bicyclic) bond motifs is 2. The van der Waals surface area contributed by atoms with Gasteiger partial charge in [-0.2, -0.15) is 0 Å². The van der Waals surface area contributed by atoms with Crippen molar-refractivity contribution in [1.29, 1.82) is 0 Å². The summed E-state index contributed by atoms with van der Waals surface area (Å²) in [4.78, 5) is 14.8. The number of hydrogen-bond acceptors (Lipinski definition) is 2. The highest BCUT2D eigenvalue weighted by atomic mass is 16.2. The van der Waals surface area contributed by atoms with Crippen LogP contribution in [0.1, 0.15) is 43.1 Å². The average Bonchev–Trinajstić information content (AvgIpc) is 2.45. The molecule has 3 nitrogen and oxygen atoms in total. The molecule has 1 aromatic carbocycles. The molecule has 2 aliphatic heterocycles. The SMILES string of the molecule is CC(C)(C)c1ccc(C(=O)N2C[C@@H]3CNC[C@@H](C3)C2)cc1. The van der Waals surface area contributed by atoms with Crippen molar-refractivity contribution >= 4 is 5.91 Å². The van der Waals surface area contributed by atoms with E-state index in [-0.39, 0.29) is 11.3 Å². The first kappa shape index (κ1) is 14.6. The molecule has 2 saturated heterocycles. The van der Waals surface area contributed by atoms with Crippen molar-refractivity contribution in [3.8, 4) is 0 Å². The molecule has 0 radical (unpaired) electrons. The number of piperidine rings is 2. The Hall–Kier alpha value is -1.35. The summed E-state index contributed by atoms with van der Waals surface area (Å²) in [5.74, 6) is 1.47. The highest BCUT2D eigenvalue weighted by Gasteiger charge is 2.32. The number of benzene rings is 1. The van der Waals surface area contributed by atoms with Gasteiger partial charge in [-0.25, -0.2) is 0 Å². The molecule has 3 rings (SSSR count). The lowest BCUT2D eigenvalue weighted by Crippen LogP contribution is -2.52. The summed E-state index contributed by atoms with van der Waals surface area (Å²) in [5.41, 5.74) is 2.24. The van der Waals surface area contributed by atoms with Crippen LogP contribution in [-0.2, 0) is 5.41 Å². The summed E-state index contributed by atoms with van der Waals surface area (Å²) < 4.78 is 0. The number of carbonyl (C=O) groups excluding carboxylic acids is 1. The molecule has 1 amide bonds. The maximum absolute atomic E-state index is 12.7. The predicted octanol–water partition coefficient (Wildman–Crippen LogP) is 2.67. The van der Waals surface area contributed by atoms with E-state index in [0.717, 1.165) is 31.7 Å². The van der Waals surface area contributed by atoms with E-state index in [9.17, 15) is 4.79 Å². The first-order valence-corrected chi connectivity index (χ1v) is 8.04. The minimum absolute atomic E-state index is 0.134. The van der Waals surface area contributed by atoms with Gasteiger partial charge in [0.25, 0.3) is 5.91 Å². The quantitative estimate of drug-likeness (QED) is 0.861. The zero-order valence-electron chi connectivity index (χ0n) is 13.4. The lowest BCUT2D eigenvalue weighted by atomic mass is 9.85. The van der Waals surface area contributed by atoms with Crippen LogP contribution in [0.15, 0.2) is 24.3 Å². The van der Waals surface area contributed by atoms with Crippen LogP contribution in [0.2, 0.25) is 0 Å². The molecule has 2 heterocycles. The molecule has 0 unspecified atom stereocenters. The Bertz CT molecular complexity index is 503. The fourth-order valence-corrected chi connectivity index (χ4v) is 3.57. The minimum Gasteiger partial charge on any atom is -0.338 e. The van der Waals surface area contributed by atoms with Crippen LogP contribution in [-0.4, -0.2) is 37.0 Å². The van der Waals surface area contributed by atoms with Crippen LogP contribution in [0.5, 0.6) is 0 Å². The van der Waals surface area contributed by atoms with Crippen LogP contribution in [0.4, 0.5) is 0 Å². The normalized spacial score (nSPS) is 25.8. The minimum atomic E-state index is 0.134. The number of nitrogens with one attached hydrogen (secondary N) is 1. The predicted molar refractivity (Wildman–Crippen MR) is 85.5 cm³/mol. The summed E-state index contributed by atoms with van der Waals surface area (Å²) in [6.07, 6.45) is 1.28. The maximum atomic E-state index is 12.7. The van der Waals surface area contributed by atoms with Crippen molar-refractivity contribution in [3.05, 3.63) is 35.4 Å². The third-order valence-electron chi connectivity index (χ3n) is 4.77. The van der Waals surface area contributed by atoms with Crippen molar-refractivity contribution in [2.75, 3.05) is 26.2 Å². The molecule has 2 atom stereocenters. The molecule has 2 fully saturated rings. The molecule has 2 bridgehead atoms. The standard InChI is InChI=1S/C18H26N2O/c1-18(2,3)16-6-4-15(5-7-16)17(21)20-11-13-8-14(12-20)10-19-9-13/h4-7,13-14,19H,8-12H2,1-3H3/t13-,14+. The maximum Gasteiger partial charge on any atom is 0.253 e. The summed E-state index contributed by atoms with van der Waals surface area (Å²) in [6.45, 7) is 10.5. The second kappa shape index (κ2) is 5.45. The van der Waals surface area contributed by atoms with Gasteiger partial charge < -0.3 is 10.2 Å². The van der Waals surface area contributed by atoms with Gasteiger partial charge in [-0.15, -0.1) is 0 Å². The molecule has 114 valence electrons. The fraction of sp³-hybridized carbons (Fsp3) is 0.611. The first-order valence-electron chi connectivity index (χ1n) is 8.04. The summed E-state index contributed by atoms with van der Waals surface area (Å²) >= 11 is 0. The van der Waals surface area contributed by atoms with Crippen LogP contribution in [0, 0.1) is 11.8 Å². The van der Waals surface area contributed by atoms with Gasteiger partial charge in [-0.05, 0) is 54.5 Å². The Morgan fingerprint density at radius 2 is 1.67 bits per heavy atom. The van der Waals surface area contributed by atoms with E-state index in [1.807, 2.05) is 12.1 Å². The van der Waals surface area contributed by atoms with Crippen molar-refractivity contribution < 1.29 is 4.79 Å². The molecule has 2 aliphatic rings. The highest BCUT2D eigenvalue weighted by molar-refractivity contribution is 5.94.